The summed E-state index contributed by atoms with van der Waals surface area (Å²) in [5.41, 5.74) is 0.253. The molecule has 0 aromatic heterocycles. The summed E-state index contributed by atoms with van der Waals surface area (Å²) in [7, 11) is 1.48. The summed E-state index contributed by atoms with van der Waals surface area (Å²) in [6.07, 6.45) is -2.14. The van der Waals surface area contributed by atoms with Crippen LogP contribution in [-0.2, 0) is 14.3 Å². The zero-order valence-electron chi connectivity index (χ0n) is 13.5. The standard InChI is InChI=1S/C17H22O7/c1-22-10-23-15-8-3-2-6-12(15)17(21)24-11-5-4-7-13(18)16(20)14(19)9-11/h2-3,6,8,11,14,16,19-20H,4-5,7,9-10H2,1H3. The van der Waals surface area contributed by atoms with E-state index in [1.165, 1.54) is 7.11 Å². The summed E-state index contributed by atoms with van der Waals surface area (Å²) in [6, 6.07) is 6.62. The first-order valence-corrected chi connectivity index (χ1v) is 7.83. The third-order valence-corrected chi connectivity index (χ3v) is 3.86. The molecule has 2 rings (SSSR count). The fourth-order valence-corrected chi connectivity index (χ4v) is 2.59. The second-order valence-corrected chi connectivity index (χ2v) is 5.68. The van der Waals surface area contributed by atoms with Crippen molar-refractivity contribution in [1.29, 1.82) is 0 Å². The van der Waals surface area contributed by atoms with E-state index in [0.717, 1.165) is 0 Å². The van der Waals surface area contributed by atoms with Gasteiger partial charge in [-0.05, 0) is 25.0 Å². The molecule has 1 fully saturated rings. The summed E-state index contributed by atoms with van der Waals surface area (Å²) in [4.78, 5) is 23.9. The molecule has 24 heavy (non-hydrogen) atoms. The van der Waals surface area contributed by atoms with Crippen LogP contribution in [0, 0.1) is 0 Å². The number of benzene rings is 1. The Hall–Kier alpha value is -1.96. The number of aliphatic hydroxyl groups is 2. The third-order valence-electron chi connectivity index (χ3n) is 3.86. The first kappa shape index (κ1) is 18.4. The SMILES string of the molecule is COCOc1ccccc1C(=O)OC1CCCC(=O)C(O)C(O)C1. The average Bonchev–Trinajstić information content (AvgIpc) is 2.58. The van der Waals surface area contributed by atoms with E-state index in [4.69, 9.17) is 14.2 Å². The maximum absolute atomic E-state index is 12.4. The quantitative estimate of drug-likeness (QED) is 0.611. The van der Waals surface area contributed by atoms with Gasteiger partial charge in [0, 0.05) is 20.0 Å². The summed E-state index contributed by atoms with van der Waals surface area (Å²) in [5, 5.41) is 19.6. The molecular weight excluding hydrogens is 316 g/mol. The van der Waals surface area contributed by atoms with Crippen LogP contribution < -0.4 is 4.74 Å². The lowest BCUT2D eigenvalue weighted by Gasteiger charge is -2.26. The molecule has 0 aliphatic heterocycles. The first-order valence-electron chi connectivity index (χ1n) is 7.83. The Balaban J connectivity index is 2.04. The molecule has 0 saturated heterocycles. The van der Waals surface area contributed by atoms with E-state index in [1.807, 2.05) is 0 Å². The third kappa shape index (κ3) is 4.77. The van der Waals surface area contributed by atoms with Gasteiger partial charge < -0.3 is 24.4 Å². The van der Waals surface area contributed by atoms with Crippen LogP contribution in [0.2, 0.25) is 0 Å². The highest BCUT2D eigenvalue weighted by atomic mass is 16.7. The molecule has 2 N–H and O–H groups in total. The van der Waals surface area contributed by atoms with Crippen molar-refractivity contribution in [2.75, 3.05) is 13.9 Å². The Kier molecular flexibility index (Phi) is 6.72. The Labute approximate surface area is 140 Å². The van der Waals surface area contributed by atoms with E-state index in [0.29, 0.717) is 18.6 Å². The lowest BCUT2D eigenvalue weighted by molar-refractivity contribution is -0.135. The van der Waals surface area contributed by atoms with Gasteiger partial charge in [0.25, 0.3) is 0 Å². The van der Waals surface area contributed by atoms with Crippen molar-refractivity contribution in [3.05, 3.63) is 29.8 Å². The number of hydrogen-bond acceptors (Lipinski definition) is 7. The van der Waals surface area contributed by atoms with Crippen molar-refractivity contribution in [2.45, 2.75) is 44.0 Å². The molecule has 3 atom stereocenters. The fraction of sp³-hybridized carbons (Fsp3) is 0.529. The number of carbonyl (C=O) groups excluding carboxylic acids is 2. The maximum Gasteiger partial charge on any atom is 0.342 e. The van der Waals surface area contributed by atoms with E-state index in [2.05, 4.69) is 0 Å². The van der Waals surface area contributed by atoms with Gasteiger partial charge >= 0.3 is 5.97 Å². The molecule has 7 nitrogen and oxygen atoms in total. The lowest BCUT2D eigenvalue weighted by Crippen LogP contribution is -2.39. The van der Waals surface area contributed by atoms with Gasteiger partial charge in [0.1, 0.15) is 23.5 Å². The zero-order chi connectivity index (χ0) is 17.5. The van der Waals surface area contributed by atoms with E-state index in [9.17, 15) is 19.8 Å². The number of ketones is 1. The van der Waals surface area contributed by atoms with Crippen LogP contribution >= 0.6 is 0 Å². The van der Waals surface area contributed by atoms with E-state index < -0.39 is 24.3 Å². The molecule has 0 amide bonds. The minimum absolute atomic E-state index is 0.000734. The van der Waals surface area contributed by atoms with Gasteiger partial charge in [0.05, 0.1) is 6.10 Å². The predicted octanol–water partition coefficient (Wildman–Crippen LogP) is 1.06. The van der Waals surface area contributed by atoms with Gasteiger partial charge in [0.2, 0.25) is 0 Å². The average molecular weight is 338 g/mol. The Morgan fingerprint density at radius 1 is 1.29 bits per heavy atom. The van der Waals surface area contributed by atoms with Gasteiger partial charge in [-0.3, -0.25) is 4.79 Å². The van der Waals surface area contributed by atoms with Gasteiger partial charge in [-0.15, -0.1) is 0 Å². The fourth-order valence-electron chi connectivity index (χ4n) is 2.59. The van der Waals surface area contributed by atoms with Crippen LogP contribution in [0.5, 0.6) is 5.75 Å². The van der Waals surface area contributed by atoms with E-state index in [1.54, 1.807) is 24.3 Å². The van der Waals surface area contributed by atoms with Crippen molar-refractivity contribution in [3.8, 4) is 5.75 Å². The van der Waals surface area contributed by atoms with Crippen molar-refractivity contribution < 1.29 is 34.0 Å². The van der Waals surface area contributed by atoms with Gasteiger partial charge in [-0.25, -0.2) is 4.79 Å². The number of esters is 1. The molecular formula is C17H22O7. The van der Waals surface area contributed by atoms with Crippen LogP contribution in [0.3, 0.4) is 0 Å². The summed E-state index contributed by atoms with van der Waals surface area (Å²) >= 11 is 0. The molecule has 0 spiro atoms. The van der Waals surface area contributed by atoms with Crippen molar-refractivity contribution in [1.82, 2.24) is 0 Å². The number of Topliss-reactive ketones (excluding diaryl/α,β-unsaturated/α-hetero) is 1. The highest BCUT2D eigenvalue weighted by Crippen LogP contribution is 2.23. The molecule has 7 heteroatoms. The predicted molar refractivity (Wildman–Crippen MR) is 83.6 cm³/mol. The molecule has 132 valence electrons. The Bertz CT molecular complexity index is 572. The number of rotatable bonds is 5. The number of ether oxygens (including phenoxy) is 3. The topological polar surface area (TPSA) is 102 Å². The molecule has 1 aromatic carbocycles. The highest BCUT2D eigenvalue weighted by molar-refractivity contribution is 5.92. The van der Waals surface area contributed by atoms with Crippen molar-refractivity contribution in [3.63, 3.8) is 0 Å². The second kappa shape index (κ2) is 8.77. The molecule has 1 aliphatic carbocycles. The van der Waals surface area contributed by atoms with Gasteiger partial charge in [-0.1, -0.05) is 12.1 Å². The number of methoxy groups -OCH3 is 1. The summed E-state index contributed by atoms with van der Waals surface area (Å²) in [5.74, 6) is -0.628. The molecule has 3 unspecified atom stereocenters. The normalized spacial score (nSPS) is 24.8. The Morgan fingerprint density at radius 2 is 2.04 bits per heavy atom. The van der Waals surface area contributed by atoms with Gasteiger partial charge in [-0.2, -0.15) is 0 Å². The van der Waals surface area contributed by atoms with Crippen LogP contribution in [0.1, 0.15) is 36.0 Å². The molecule has 0 heterocycles. The molecule has 1 saturated carbocycles. The number of aliphatic hydroxyl groups excluding tert-OH is 2. The monoisotopic (exact) mass is 338 g/mol. The first-order chi connectivity index (χ1) is 11.5. The lowest BCUT2D eigenvalue weighted by atomic mass is 9.93. The molecule has 1 aromatic rings. The Morgan fingerprint density at radius 3 is 2.79 bits per heavy atom. The van der Waals surface area contributed by atoms with Crippen LogP contribution in [0.25, 0.3) is 0 Å². The highest BCUT2D eigenvalue weighted by Gasteiger charge is 2.31. The summed E-state index contributed by atoms with van der Waals surface area (Å²) in [6.45, 7) is 0.000734. The molecule has 0 bridgehead atoms. The molecule has 1 aliphatic rings. The largest absolute Gasteiger partial charge is 0.467 e. The van der Waals surface area contributed by atoms with Crippen molar-refractivity contribution in [2.24, 2.45) is 0 Å². The van der Waals surface area contributed by atoms with Crippen molar-refractivity contribution >= 4 is 11.8 Å². The zero-order valence-corrected chi connectivity index (χ0v) is 13.5. The van der Waals surface area contributed by atoms with E-state index >= 15 is 0 Å². The molecule has 0 radical (unpaired) electrons. The number of para-hydroxylation sites is 1. The maximum atomic E-state index is 12.4. The number of carbonyl (C=O) groups is 2. The van der Waals surface area contributed by atoms with Gasteiger partial charge in [0.15, 0.2) is 12.6 Å². The summed E-state index contributed by atoms with van der Waals surface area (Å²) < 4.78 is 15.6. The van der Waals surface area contributed by atoms with E-state index in [-0.39, 0.29) is 31.0 Å². The smallest absolute Gasteiger partial charge is 0.342 e. The second-order valence-electron chi connectivity index (χ2n) is 5.68. The number of hydrogen-bond donors (Lipinski definition) is 2. The minimum atomic E-state index is -1.43. The minimum Gasteiger partial charge on any atom is -0.467 e. The van der Waals surface area contributed by atoms with Crippen LogP contribution in [0.15, 0.2) is 24.3 Å². The van der Waals surface area contributed by atoms with Crippen LogP contribution in [0.4, 0.5) is 0 Å². The van der Waals surface area contributed by atoms with Crippen LogP contribution in [-0.4, -0.2) is 54.2 Å².